The molecule has 1 saturated carbocycles. The first-order valence-electron chi connectivity index (χ1n) is 5.84. The smallest absolute Gasteiger partial charge is 0.230 e. The van der Waals surface area contributed by atoms with Crippen LogP contribution in [0.3, 0.4) is 0 Å². The lowest BCUT2D eigenvalue weighted by atomic mass is 9.94. The number of rotatable bonds is 3. The Morgan fingerprint density at radius 2 is 2.00 bits per heavy atom. The van der Waals surface area contributed by atoms with Crippen molar-refractivity contribution in [2.45, 2.75) is 38.1 Å². The largest absolute Gasteiger partial charge is 0.292 e. The highest BCUT2D eigenvalue weighted by atomic mass is 16.2. The Bertz CT molecular complexity index is 350. The first-order chi connectivity index (χ1) is 7.77. The number of nitrogens with one attached hydrogen (secondary N) is 2. The van der Waals surface area contributed by atoms with Gasteiger partial charge in [0.2, 0.25) is 5.91 Å². The van der Waals surface area contributed by atoms with Crippen LogP contribution in [-0.2, 0) is 4.79 Å². The molecule has 0 saturated heterocycles. The summed E-state index contributed by atoms with van der Waals surface area (Å²) in [6.45, 7) is 1.53. The van der Waals surface area contributed by atoms with Gasteiger partial charge in [0, 0.05) is 18.9 Å². The summed E-state index contributed by atoms with van der Waals surface area (Å²) >= 11 is 0. The Morgan fingerprint density at radius 3 is 2.69 bits per heavy atom. The van der Waals surface area contributed by atoms with Gasteiger partial charge in [0.1, 0.15) is 0 Å². The summed E-state index contributed by atoms with van der Waals surface area (Å²) in [5, 5.41) is 0. The predicted octanol–water partition coefficient (Wildman–Crippen LogP) is 1.96. The fourth-order valence-corrected chi connectivity index (χ4v) is 2.43. The Labute approximate surface area is 96.2 Å². The third-order valence-electron chi connectivity index (χ3n) is 3.18. The molecule has 86 valence electrons. The second kappa shape index (κ2) is 5.12. The molecule has 1 aromatic carbocycles. The molecular formula is C13H18N2O. The van der Waals surface area contributed by atoms with Gasteiger partial charge in [-0.15, -0.1) is 0 Å². The lowest BCUT2D eigenvalue weighted by molar-refractivity contribution is -0.120. The number of hydrogen-bond acceptors (Lipinski definition) is 2. The lowest BCUT2D eigenvalue weighted by Crippen LogP contribution is -2.44. The SMILES string of the molecule is CC(=O)NN[C@@H]1CCC[C@H]1c1ccccc1. The topological polar surface area (TPSA) is 41.1 Å². The van der Waals surface area contributed by atoms with E-state index in [2.05, 4.69) is 35.1 Å². The highest BCUT2D eigenvalue weighted by molar-refractivity contribution is 5.72. The van der Waals surface area contributed by atoms with E-state index in [4.69, 9.17) is 0 Å². The predicted molar refractivity (Wildman–Crippen MR) is 63.8 cm³/mol. The molecule has 0 heterocycles. The number of benzene rings is 1. The van der Waals surface area contributed by atoms with Crippen LogP contribution in [-0.4, -0.2) is 11.9 Å². The standard InChI is InChI=1S/C13H18N2O/c1-10(16)14-15-13-9-5-8-12(13)11-6-3-2-4-7-11/h2-4,6-7,12-13,15H,5,8-9H2,1H3,(H,14,16)/t12-,13+/m0/s1. The van der Waals surface area contributed by atoms with Crippen LogP contribution in [0.5, 0.6) is 0 Å². The molecule has 1 aromatic rings. The van der Waals surface area contributed by atoms with Crippen molar-refractivity contribution in [1.29, 1.82) is 0 Å². The summed E-state index contributed by atoms with van der Waals surface area (Å²) in [6.07, 6.45) is 3.54. The molecule has 1 aliphatic rings. The number of carbonyl (C=O) groups excluding carboxylic acids is 1. The minimum atomic E-state index is -0.0290. The van der Waals surface area contributed by atoms with Crippen LogP contribution in [0.4, 0.5) is 0 Å². The van der Waals surface area contributed by atoms with Gasteiger partial charge in [-0.05, 0) is 18.4 Å². The molecule has 3 heteroatoms. The zero-order chi connectivity index (χ0) is 11.4. The van der Waals surface area contributed by atoms with E-state index in [1.807, 2.05) is 6.07 Å². The number of amides is 1. The average Bonchev–Trinajstić information content (AvgIpc) is 2.75. The van der Waals surface area contributed by atoms with Crippen LogP contribution in [0, 0.1) is 0 Å². The summed E-state index contributed by atoms with van der Waals surface area (Å²) in [4.78, 5) is 10.9. The zero-order valence-corrected chi connectivity index (χ0v) is 9.57. The molecule has 1 fully saturated rings. The molecule has 0 spiro atoms. The summed E-state index contributed by atoms with van der Waals surface area (Å²) in [5.74, 6) is 0.492. The van der Waals surface area contributed by atoms with E-state index in [9.17, 15) is 4.79 Å². The molecule has 0 bridgehead atoms. The fraction of sp³-hybridized carbons (Fsp3) is 0.462. The van der Waals surface area contributed by atoms with Crippen LogP contribution >= 0.6 is 0 Å². The van der Waals surface area contributed by atoms with Crippen molar-refractivity contribution in [2.75, 3.05) is 0 Å². The maximum absolute atomic E-state index is 10.9. The minimum absolute atomic E-state index is 0.0290. The van der Waals surface area contributed by atoms with Crippen LogP contribution in [0.25, 0.3) is 0 Å². The fourth-order valence-electron chi connectivity index (χ4n) is 2.43. The summed E-state index contributed by atoms with van der Waals surface area (Å²) < 4.78 is 0. The van der Waals surface area contributed by atoms with Crippen molar-refractivity contribution in [3.8, 4) is 0 Å². The average molecular weight is 218 g/mol. The van der Waals surface area contributed by atoms with Crippen LogP contribution in [0.15, 0.2) is 30.3 Å². The third kappa shape index (κ3) is 2.61. The molecule has 1 amide bonds. The summed E-state index contributed by atoms with van der Waals surface area (Å²) in [7, 11) is 0. The van der Waals surface area contributed by atoms with Gasteiger partial charge in [0.15, 0.2) is 0 Å². The molecule has 2 N–H and O–H groups in total. The second-order valence-corrected chi connectivity index (χ2v) is 4.38. The van der Waals surface area contributed by atoms with Crippen molar-refractivity contribution >= 4 is 5.91 Å². The van der Waals surface area contributed by atoms with Gasteiger partial charge in [-0.3, -0.25) is 10.2 Å². The highest BCUT2D eigenvalue weighted by Crippen LogP contribution is 2.34. The second-order valence-electron chi connectivity index (χ2n) is 4.38. The Kier molecular flexibility index (Phi) is 3.57. The summed E-state index contributed by atoms with van der Waals surface area (Å²) in [5.41, 5.74) is 7.19. The molecule has 16 heavy (non-hydrogen) atoms. The lowest BCUT2D eigenvalue weighted by Gasteiger charge is -2.21. The minimum Gasteiger partial charge on any atom is -0.292 e. The van der Waals surface area contributed by atoms with Crippen LogP contribution < -0.4 is 10.9 Å². The maximum Gasteiger partial charge on any atom is 0.230 e. The van der Waals surface area contributed by atoms with Crippen molar-refractivity contribution in [2.24, 2.45) is 0 Å². The van der Waals surface area contributed by atoms with Gasteiger partial charge >= 0.3 is 0 Å². The highest BCUT2D eigenvalue weighted by Gasteiger charge is 2.28. The van der Waals surface area contributed by atoms with E-state index in [1.54, 1.807) is 0 Å². The third-order valence-corrected chi connectivity index (χ3v) is 3.18. The molecule has 3 nitrogen and oxygen atoms in total. The Morgan fingerprint density at radius 1 is 1.25 bits per heavy atom. The summed E-state index contributed by atoms with van der Waals surface area (Å²) in [6, 6.07) is 10.9. The molecule has 1 aliphatic carbocycles. The van der Waals surface area contributed by atoms with E-state index in [1.165, 1.54) is 25.3 Å². The molecule has 0 aromatic heterocycles. The van der Waals surface area contributed by atoms with Crippen molar-refractivity contribution in [1.82, 2.24) is 10.9 Å². The molecular weight excluding hydrogens is 200 g/mol. The van der Waals surface area contributed by atoms with Gasteiger partial charge in [0.25, 0.3) is 0 Å². The van der Waals surface area contributed by atoms with Crippen molar-refractivity contribution < 1.29 is 4.79 Å². The number of hydrogen-bond donors (Lipinski definition) is 2. The molecule has 2 atom stereocenters. The van der Waals surface area contributed by atoms with Gasteiger partial charge < -0.3 is 0 Å². The molecule has 0 aliphatic heterocycles. The van der Waals surface area contributed by atoms with E-state index >= 15 is 0 Å². The first kappa shape index (κ1) is 11.1. The maximum atomic E-state index is 10.9. The van der Waals surface area contributed by atoms with E-state index in [-0.39, 0.29) is 5.91 Å². The molecule has 0 radical (unpaired) electrons. The Balaban J connectivity index is 2.01. The van der Waals surface area contributed by atoms with Crippen molar-refractivity contribution in [3.05, 3.63) is 35.9 Å². The van der Waals surface area contributed by atoms with E-state index < -0.39 is 0 Å². The quantitative estimate of drug-likeness (QED) is 0.761. The van der Waals surface area contributed by atoms with E-state index in [0.717, 1.165) is 6.42 Å². The van der Waals surface area contributed by atoms with E-state index in [0.29, 0.717) is 12.0 Å². The van der Waals surface area contributed by atoms with Crippen LogP contribution in [0.2, 0.25) is 0 Å². The van der Waals surface area contributed by atoms with Crippen molar-refractivity contribution in [3.63, 3.8) is 0 Å². The monoisotopic (exact) mass is 218 g/mol. The van der Waals surface area contributed by atoms with Gasteiger partial charge in [0.05, 0.1) is 0 Å². The molecule has 2 rings (SSSR count). The van der Waals surface area contributed by atoms with Gasteiger partial charge in [-0.2, -0.15) is 0 Å². The van der Waals surface area contributed by atoms with Gasteiger partial charge in [-0.25, -0.2) is 5.43 Å². The van der Waals surface area contributed by atoms with Crippen LogP contribution in [0.1, 0.15) is 37.7 Å². The first-order valence-corrected chi connectivity index (χ1v) is 5.84. The zero-order valence-electron chi connectivity index (χ0n) is 9.57. The number of hydrazine groups is 1. The normalized spacial score (nSPS) is 24.3. The Hall–Kier alpha value is -1.35. The number of carbonyl (C=O) groups is 1. The molecule has 0 unspecified atom stereocenters. The van der Waals surface area contributed by atoms with Gasteiger partial charge in [-0.1, -0.05) is 36.8 Å².